The molecule has 0 aliphatic carbocycles. The molecule has 0 spiro atoms. The van der Waals surface area contributed by atoms with E-state index in [0.29, 0.717) is 0 Å². The summed E-state index contributed by atoms with van der Waals surface area (Å²) in [5.74, 6) is 0.871. The molecule has 2 heterocycles. The fourth-order valence-electron chi connectivity index (χ4n) is 8.44. The Morgan fingerprint density at radius 1 is 0.441 bits per heavy atom. The van der Waals surface area contributed by atoms with Crippen molar-refractivity contribution in [2.75, 3.05) is 10.2 Å². The Kier molecular flexibility index (Phi) is 8.76. The van der Waals surface area contributed by atoms with Gasteiger partial charge in [-0.3, -0.25) is 0 Å². The van der Waals surface area contributed by atoms with E-state index in [1.54, 1.807) is 0 Å². The summed E-state index contributed by atoms with van der Waals surface area (Å²) in [6.07, 6.45) is -0.279. The van der Waals surface area contributed by atoms with Crippen molar-refractivity contribution in [2.45, 2.75) is 6.23 Å². The molecule has 0 saturated carbocycles. The van der Waals surface area contributed by atoms with Gasteiger partial charge in [0.05, 0.1) is 11.4 Å². The molecule has 3 nitrogen and oxygen atoms in total. The summed E-state index contributed by atoms with van der Waals surface area (Å²) < 4.78 is 9.23. The van der Waals surface area contributed by atoms with Crippen molar-refractivity contribution in [1.29, 1.82) is 0 Å². The third-order valence-corrected chi connectivity index (χ3v) is 12.5. The van der Waals surface area contributed by atoms with E-state index >= 15 is 0 Å². The topological polar surface area (TPSA) is 24.5 Å². The minimum absolute atomic E-state index is 0.279. The lowest BCUT2D eigenvalue weighted by Crippen LogP contribution is -2.11. The highest BCUT2D eigenvalue weighted by atomic mass is 32.1. The molecule has 1 unspecified atom stereocenters. The maximum atomic E-state index is 6.73. The molecule has 0 radical (unpaired) electrons. The lowest BCUT2D eigenvalue weighted by atomic mass is 9.94. The number of benzene rings is 9. The molecule has 0 saturated heterocycles. The summed E-state index contributed by atoms with van der Waals surface area (Å²) in [4.78, 5) is 2.38. The fraction of sp³-hybridized carbons (Fsp3) is 0.0182. The summed E-state index contributed by atoms with van der Waals surface area (Å²) >= 11 is 1.85. The average Bonchev–Trinajstić information content (AvgIpc) is 3.92. The number of anilines is 4. The second-order valence-electron chi connectivity index (χ2n) is 14.9. The predicted octanol–water partition coefficient (Wildman–Crippen LogP) is 15.7. The summed E-state index contributed by atoms with van der Waals surface area (Å²) in [6.45, 7) is 0. The van der Waals surface area contributed by atoms with Crippen LogP contribution in [0.4, 0.5) is 22.7 Å². The van der Waals surface area contributed by atoms with E-state index in [4.69, 9.17) is 4.74 Å². The van der Waals surface area contributed by atoms with Crippen molar-refractivity contribution in [1.82, 2.24) is 0 Å². The van der Waals surface area contributed by atoms with Gasteiger partial charge >= 0.3 is 0 Å². The van der Waals surface area contributed by atoms with Crippen LogP contribution in [0.3, 0.4) is 0 Å². The molecule has 0 amide bonds. The molecule has 1 N–H and O–H groups in total. The smallest absolute Gasteiger partial charge is 0.196 e. The molecule has 59 heavy (non-hydrogen) atoms. The van der Waals surface area contributed by atoms with E-state index in [2.05, 4.69) is 223 Å². The normalized spacial score (nSPS) is 13.2. The van der Waals surface area contributed by atoms with Gasteiger partial charge in [-0.15, -0.1) is 11.3 Å². The SMILES string of the molecule is c1ccc(-c2ccc(-c3ccc(N(c4ccccc4)c4ccc(-c5c6c(cc7c5sc5ccccc57)OC(c5ccccc5)N6)cc4-c4ccccc4)cc3)cc2)cc1. The lowest BCUT2D eigenvalue weighted by Gasteiger charge is -2.28. The molecule has 9 aromatic carbocycles. The van der Waals surface area contributed by atoms with Gasteiger partial charge in [0.2, 0.25) is 0 Å². The van der Waals surface area contributed by atoms with Gasteiger partial charge in [-0.2, -0.15) is 0 Å². The highest BCUT2D eigenvalue weighted by Gasteiger charge is 2.30. The number of hydrogen-bond acceptors (Lipinski definition) is 4. The van der Waals surface area contributed by atoms with Gasteiger partial charge in [0, 0.05) is 48.2 Å². The minimum Gasteiger partial charge on any atom is -0.464 e. The number of rotatable bonds is 8. The summed E-state index contributed by atoms with van der Waals surface area (Å²) in [7, 11) is 0. The van der Waals surface area contributed by atoms with Gasteiger partial charge in [-0.25, -0.2) is 0 Å². The standard InChI is InChI=1S/C55H38N2OS/c1-5-15-37(16-6-1)38-25-27-39(28-26-38)40-29-32-45(33-30-40)57(44-21-11-4-12-22-44)49-34-31-43(35-47(49)41-17-7-2-8-18-41)52-53-50(58-55(56-53)42-19-9-3-10-20-42)36-48-46-23-13-14-24-51(46)59-54(48)52/h1-36,55-56H. The third-order valence-electron chi connectivity index (χ3n) is 11.3. The second-order valence-corrected chi connectivity index (χ2v) is 16.0. The van der Waals surface area contributed by atoms with Crippen LogP contribution in [0.15, 0.2) is 218 Å². The number of ether oxygens (including phenoxy) is 1. The van der Waals surface area contributed by atoms with Crippen LogP contribution in [0.2, 0.25) is 0 Å². The van der Waals surface area contributed by atoms with Gasteiger partial charge in [0.1, 0.15) is 5.75 Å². The first kappa shape index (κ1) is 34.8. The van der Waals surface area contributed by atoms with E-state index in [0.717, 1.165) is 56.3 Å². The molecule has 0 bridgehead atoms. The van der Waals surface area contributed by atoms with Crippen LogP contribution >= 0.6 is 11.3 Å². The quantitative estimate of drug-likeness (QED) is 0.166. The van der Waals surface area contributed by atoms with Crippen LogP contribution in [0.5, 0.6) is 5.75 Å². The van der Waals surface area contributed by atoms with E-state index in [1.807, 2.05) is 17.4 Å². The molecule has 4 heteroatoms. The van der Waals surface area contributed by atoms with Gasteiger partial charge in [0.25, 0.3) is 0 Å². The van der Waals surface area contributed by atoms with Crippen molar-refractivity contribution in [3.8, 4) is 50.3 Å². The van der Waals surface area contributed by atoms with E-state index < -0.39 is 0 Å². The van der Waals surface area contributed by atoms with Crippen LogP contribution in [-0.4, -0.2) is 0 Å². The van der Waals surface area contributed by atoms with Crippen LogP contribution in [0.25, 0.3) is 64.7 Å². The molecule has 1 aliphatic rings. The number of hydrogen-bond donors (Lipinski definition) is 1. The van der Waals surface area contributed by atoms with Crippen molar-refractivity contribution in [2.24, 2.45) is 0 Å². The number of nitrogens with zero attached hydrogens (tertiary/aromatic N) is 1. The van der Waals surface area contributed by atoms with Crippen LogP contribution < -0.4 is 15.0 Å². The first-order valence-electron chi connectivity index (χ1n) is 20.0. The number of thiophene rings is 1. The Morgan fingerprint density at radius 2 is 0.966 bits per heavy atom. The maximum Gasteiger partial charge on any atom is 0.196 e. The van der Waals surface area contributed by atoms with Crippen LogP contribution in [-0.2, 0) is 0 Å². The first-order valence-corrected chi connectivity index (χ1v) is 20.8. The first-order chi connectivity index (χ1) is 29.2. The summed E-state index contributed by atoms with van der Waals surface area (Å²) in [5.41, 5.74) is 14.8. The lowest BCUT2D eigenvalue weighted by molar-refractivity contribution is 0.260. The molecule has 1 aliphatic heterocycles. The molecule has 10 aromatic rings. The molecule has 0 fully saturated rings. The number of nitrogens with one attached hydrogen (secondary N) is 1. The third kappa shape index (κ3) is 6.41. The zero-order chi connectivity index (χ0) is 39.1. The highest BCUT2D eigenvalue weighted by Crippen LogP contribution is 2.53. The Morgan fingerprint density at radius 3 is 1.64 bits per heavy atom. The van der Waals surface area contributed by atoms with E-state index in [9.17, 15) is 0 Å². The Balaban J connectivity index is 1.06. The van der Waals surface area contributed by atoms with Crippen LogP contribution in [0, 0.1) is 0 Å². The van der Waals surface area contributed by atoms with Gasteiger partial charge < -0.3 is 15.0 Å². The zero-order valence-electron chi connectivity index (χ0n) is 32.1. The van der Waals surface area contributed by atoms with E-state index in [1.165, 1.54) is 42.4 Å². The minimum atomic E-state index is -0.279. The number of para-hydroxylation sites is 1. The molecule has 11 rings (SSSR count). The molecular formula is C55H38N2OS. The largest absolute Gasteiger partial charge is 0.464 e. The van der Waals surface area contributed by atoms with Crippen molar-refractivity contribution in [3.63, 3.8) is 0 Å². The zero-order valence-corrected chi connectivity index (χ0v) is 32.9. The van der Waals surface area contributed by atoms with Crippen molar-refractivity contribution in [3.05, 3.63) is 224 Å². The van der Waals surface area contributed by atoms with Gasteiger partial charge in [-0.1, -0.05) is 170 Å². The monoisotopic (exact) mass is 774 g/mol. The van der Waals surface area contributed by atoms with Crippen molar-refractivity contribution >= 4 is 54.3 Å². The van der Waals surface area contributed by atoms with Crippen LogP contribution in [0.1, 0.15) is 11.8 Å². The van der Waals surface area contributed by atoms with Gasteiger partial charge in [-0.05, 0) is 81.9 Å². The molecule has 280 valence electrons. The molecule has 1 aromatic heterocycles. The fourth-order valence-corrected chi connectivity index (χ4v) is 9.70. The second kappa shape index (κ2) is 14.8. The Hall–Kier alpha value is -7.40. The predicted molar refractivity (Wildman–Crippen MR) is 249 cm³/mol. The Bertz CT molecular complexity index is 3070. The van der Waals surface area contributed by atoms with Gasteiger partial charge in [0.15, 0.2) is 6.23 Å². The summed E-state index contributed by atoms with van der Waals surface area (Å²) in [5, 5.41) is 6.26. The maximum absolute atomic E-state index is 6.73. The molecule has 1 atom stereocenters. The Labute approximate surface area is 348 Å². The number of fused-ring (bicyclic) bond motifs is 4. The summed E-state index contributed by atoms with van der Waals surface area (Å²) in [6, 6.07) is 78.1. The van der Waals surface area contributed by atoms with Crippen molar-refractivity contribution < 1.29 is 4.74 Å². The van der Waals surface area contributed by atoms with E-state index in [-0.39, 0.29) is 6.23 Å². The molecular weight excluding hydrogens is 737 g/mol. The average molecular weight is 775 g/mol. The highest BCUT2D eigenvalue weighted by molar-refractivity contribution is 7.26.